The molecule has 0 radical (unpaired) electrons. The molecule has 0 saturated carbocycles. The van der Waals surface area contributed by atoms with Crippen LogP contribution in [0, 0.1) is 0 Å². The average molecular weight is 414 g/mol. The molecule has 2 heteroatoms. The van der Waals surface area contributed by atoms with Gasteiger partial charge in [0, 0.05) is 6.92 Å². The fraction of sp³-hybridized carbons (Fsp3) is 0.962. The van der Waals surface area contributed by atoms with E-state index in [2.05, 4.69) is 20.8 Å². The summed E-state index contributed by atoms with van der Waals surface area (Å²) in [7, 11) is -1.37. The van der Waals surface area contributed by atoms with Crippen molar-refractivity contribution in [3.63, 3.8) is 0 Å². The predicted octanol–water partition coefficient (Wildman–Crippen LogP) is 9.63. The van der Waals surface area contributed by atoms with E-state index in [1.165, 1.54) is 134 Å². The largest absolute Gasteiger partial charge is 0.264 e. The molecule has 168 valence electrons. The van der Waals surface area contributed by atoms with E-state index in [0.717, 1.165) is 0 Å². The summed E-state index contributed by atoms with van der Waals surface area (Å²) in [5, 5.41) is 0. The molecular formula is C26H54OP+. The number of carbonyl (C=O) groups is 1. The molecule has 0 atom stereocenters. The van der Waals surface area contributed by atoms with Gasteiger partial charge in [-0.1, -0.05) is 97.8 Å². The molecule has 0 amide bonds. The zero-order valence-electron chi connectivity index (χ0n) is 20.2. The quantitative estimate of drug-likeness (QED) is 0.127. The first-order valence-electron chi connectivity index (χ1n) is 13.0. The van der Waals surface area contributed by atoms with E-state index >= 15 is 0 Å². The van der Waals surface area contributed by atoms with Crippen LogP contribution >= 0.6 is 7.26 Å². The highest BCUT2D eigenvalue weighted by Crippen LogP contribution is 2.61. The van der Waals surface area contributed by atoms with Gasteiger partial charge in [0.15, 0.2) is 0 Å². The molecule has 0 spiro atoms. The van der Waals surface area contributed by atoms with Crippen molar-refractivity contribution in [2.75, 3.05) is 18.5 Å². The third kappa shape index (κ3) is 15.0. The van der Waals surface area contributed by atoms with Crippen molar-refractivity contribution in [3.05, 3.63) is 0 Å². The van der Waals surface area contributed by atoms with Gasteiger partial charge in [-0.05, 0) is 38.5 Å². The van der Waals surface area contributed by atoms with Gasteiger partial charge < -0.3 is 0 Å². The molecule has 28 heavy (non-hydrogen) atoms. The van der Waals surface area contributed by atoms with Crippen LogP contribution < -0.4 is 0 Å². The van der Waals surface area contributed by atoms with Crippen molar-refractivity contribution in [3.8, 4) is 0 Å². The normalized spacial score (nSPS) is 11.9. The van der Waals surface area contributed by atoms with Gasteiger partial charge in [0.05, 0.1) is 25.7 Å². The zero-order valence-corrected chi connectivity index (χ0v) is 21.1. The minimum absolute atomic E-state index is 0.600. The van der Waals surface area contributed by atoms with Gasteiger partial charge in [0.2, 0.25) is 0 Å². The lowest BCUT2D eigenvalue weighted by molar-refractivity contribution is -0.110. The Morgan fingerprint density at radius 3 is 0.964 bits per heavy atom. The summed E-state index contributed by atoms with van der Waals surface area (Å²) in [5.74, 6) is 0. The highest BCUT2D eigenvalue weighted by Gasteiger charge is 2.41. The number of rotatable bonds is 22. The first-order chi connectivity index (χ1) is 13.6. The van der Waals surface area contributed by atoms with E-state index in [0.29, 0.717) is 5.52 Å². The van der Waals surface area contributed by atoms with E-state index in [1.54, 1.807) is 0 Å². The Labute approximate surface area is 179 Å². The third-order valence-corrected chi connectivity index (χ3v) is 11.3. The highest BCUT2D eigenvalue weighted by atomic mass is 31.2. The lowest BCUT2D eigenvalue weighted by Crippen LogP contribution is -2.16. The fourth-order valence-electron chi connectivity index (χ4n) is 4.39. The van der Waals surface area contributed by atoms with Crippen LogP contribution in [0.25, 0.3) is 0 Å². The van der Waals surface area contributed by atoms with Crippen molar-refractivity contribution in [2.45, 2.75) is 143 Å². The summed E-state index contributed by atoms with van der Waals surface area (Å²) < 4.78 is 0. The maximum absolute atomic E-state index is 12.8. The average Bonchev–Trinajstić information content (AvgIpc) is 2.69. The van der Waals surface area contributed by atoms with Gasteiger partial charge in [-0.15, -0.1) is 0 Å². The minimum Gasteiger partial charge on any atom is -0.254 e. The number of carbonyl (C=O) groups excluding carboxylic acids is 1. The Morgan fingerprint density at radius 2 is 0.714 bits per heavy atom. The molecule has 0 bridgehead atoms. The first-order valence-corrected chi connectivity index (χ1v) is 15.3. The summed E-state index contributed by atoms with van der Waals surface area (Å²) in [6.45, 7) is 8.80. The Kier molecular flexibility index (Phi) is 20.4. The van der Waals surface area contributed by atoms with E-state index in [1.807, 2.05) is 6.92 Å². The molecule has 0 aromatic carbocycles. The second-order valence-electron chi connectivity index (χ2n) is 9.14. The number of hydrogen-bond acceptors (Lipinski definition) is 1. The third-order valence-electron chi connectivity index (χ3n) is 6.49. The summed E-state index contributed by atoms with van der Waals surface area (Å²) in [4.78, 5) is 12.8. The Balaban J connectivity index is 4.47. The maximum atomic E-state index is 12.8. The van der Waals surface area contributed by atoms with Crippen molar-refractivity contribution in [1.82, 2.24) is 0 Å². The number of unbranched alkanes of at least 4 members (excludes halogenated alkanes) is 15. The van der Waals surface area contributed by atoms with Gasteiger partial charge in [0.1, 0.15) is 0 Å². The minimum atomic E-state index is -1.37. The molecule has 0 aliphatic heterocycles. The van der Waals surface area contributed by atoms with Crippen LogP contribution in [0.3, 0.4) is 0 Å². The smallest absolute Gasteiger partial charge is 0.254 e. The fourth-order valence-corrected chi connectivity index (χ4v) is 8.49. The topological polar surface area (TPSA) is 17.1 Å². The van der Waals surface area contributed by atoms with Crippen molar-refractivity contribution < 1.29 is 4.79 Å². The van der Waals surface area contributed by atoms with Crippen LogP contribution in [0.4, 0.5) is 0 Å². The van der Waals surface area contributed by atoms with Gasteiger partial charge in [-0.3, -0.25) is 4.79 Å². The van der Waals surface area contributed by atoms with E-state index < -0.39 is 7.26 Å². The SMILES string of the molecule is CCCCCCCC[P+](CCCCCCCC)(CCCCCCCC)C(C)=O. The van der Waals surface area contributed by atoms with Crippen LogP contribution in [-0.2, 0) is 4.79 Å². The molecule has 0 N–H and O–H groups in total. The van der Waals surface area contributed by atoms with E-state index in [4.69, 9.17) is 0 Å². The monoisotopic (exact) mass is 413 g/mol. The summed E-state index contributed by atoms with van der Waals surface area (Å²) in [5.41, 5.74) is 0.600. The van der Waals surface area contributed by atoms with Crippen molar-refractivity contribution in [1.29, 1.82) is 0 Å². The standard InChI is InChI=1S/C26H54OP/c1-5-8-11-14-17-20-23-28(26(4)27,24-21-18-15-12-9-6-2)25-22-19-16-13-10-7-3/h5-25H2,1-4H3/q+1. The molecule has 1 nitrogen and oxygen atoms in total. The maximum Gasteiger partial charge on any atom is 0.264 e. The van der Waals surface area contributed by atoms with Gasteiger partial charge in [0.25, 0.3) is 5.52 Å². The Bertz CT molecular complexity index is 299. The summed E-state index contributed by atoms with van der Waals surface area (Å²) >= 11 is 0. The summed E-state index contributed by atoms with van der Waals surface area (Å²) in [6.07, 6.45) is 28.1. The second-order valence-corrected chi connectivity index (χ2v) is 13.4. The molecule has 0 aliphatic carbocycles. The van der Waals surface area contributed by atoms with Crippen molar-refractivity contribution in [2.24, 2.45) is 0 Å². The molecule has 0 unspecified atom stereocenters. The predicted molar refractivity (Wildman–Crippen MR) is 132 cm³/mol. The Hall–Kier alpha value is 0.100. The second kappa shape index (κ2) is 20.4. The molecule has 0 aromatic heterocycles. The van der Waals surface area contributed by atoms with Crippen LogP contribution in [0.2, 0.25) is 0 Å². The van der Waals surface area contributed by atoms with E-state index in [9.17, 15) is 4.79 Å². The van der Waals surface area contributed by atoms with Crippen LogP contribution in [0.15, 0.2) is 0 Å². The zero-order chi connectivity index (χ0) is 20.9. The molecule has 0 saturated heterocycles. The van der Waals surface area contributed by atoms with Crippen molar-refractivity contribution >= 4 is 12.8 Å². The molecular weight excluding hydrogens is 359 g/mol. The van der Waals surface area contributed by atoms with Crippen LogP contribution in [0.1, 0.15) is 143 Å². The number of hydrogen-bond donors (Lipinski definition) is 0. The van der Waals surface area contributed by atoms with Gasteiger partial charge >= 0.3 is 0 Å². The summed E-state index contributed by atoms with van der Waals surface area (Å²) in [6, 6.07) is 0. The molecule has 0 aromatic rings. The van der Waals surface area contributed by atoms with Gasteiger partial charge in [-0.25, -0.2) is 0 Å². The van der Waals surface area contributed by atoms with Crippen LogP contribution in [0.5, 0.6) is 0 Å². The lowest BCUT2D eigenvalue weighted by atomic mass is 10.1. The lowest BCUT2D eigenvalue weighted by Gasteiger charge is -2.25. The van der Waals surface area contributed by atoms with E-state index in [-0.39, 0.29) is 0 Å². The highest BCUT2D eigenvalue weighted by molar-refractivity contribution is 7.90. The van der Waals surface area contributed by atoms with Crippen LogP contribution in [-0.4, -0.2) is 24.0 Å². The molecule has 0 fully saturated rings. The molecule has 0 heterocycles. The van der Waals surface area contributed by atoms with Gasteiger partial charge in [-0.2, -0.15) is 0 Å². The Morgan fingerprint density at radius 1 is 0.464 bits per heavy atom. The molecule has 0 rings (SSSR count). The first kappa shape index (κ1) is 28.1. The molecule has 0 aliphatic rings.